The van der Waals surface area contributed by atoms with Crippen LogP contribution in [0.3, 0.4) is 0 Å². The Morgan fingerprint density at radius 2 is 2.27 bits per heavy atom. The van der Waals surface area contributed by atoms with Crippen LogP contribution in [0, 0.1) is 0 Å². The maximum atomic E-state index is 11.1. The zero-order valence-electron chi connectivity index (χ0n) is 5.91. The van der Waals surface area contributed by atoms with Gasteiger partial charge in [0, 0.05) is 4.88 Å². The van der Waals surface area contributed by atoms with Crippen molar-refractivity contribution in [1.29, 1.82) is 0 Å². The molecule has 11 heavy (non-hydrogen) atoms. The molecule has 2 nitrogen and oxygen atoms in total. The van der Waals surface area contributed by atoms with E-state index >= 15 is 0 Å². The van der Waals surface area contributed by atoms with Crippen LogP contribution in [-0.4, -0.2) is 14.2 Å². The van der Waals surface area contributed by atoms with Gasteiger partial charge in [-0.25, -0.2) is 8.42 Å². The van der Waals surface area contributed by atoms with Crippen molar-refractivity contribution in [3.63, 3.8) is 0 Å². The lowest BCUT2D eigenvalue weighted by molar-refractivity contribution is 0.592. The molecular weight excluding hydrogens is 180 g/mol. The highest BCUT2D eigenvalue weighted by molar-refractivity contribution is 7.90. The topological polar surface area (TPSA) is 34.1 Å². The summed E-state index contributed by atoms with van der Waals surface area (Å²) in [7, 11) is -2.76. The van der Waals surface area contributed by atoms with Crippen LogP contribution in [0.1, 0.15) is 10.4 Å². The molecule has 0 bridgehead atoms. The van der Waals surface area contributed by atoms with Crippen LogP contribution in [0.15, 0.2) is 11.4 Å². The molecule has 0 spiro atoms. The third-order valence-corrected chi connectivity index (χ3v) is 4.57. The van der Waals surface area contributed by atoms with E-state index < -0.39 is 9.84 Å². The summed E-state index contributed by atoms with van der Waals surface area (Å²) < 4.78 is 22.2. The van der Waals surface area contributed by atoms with Gasteiger partial charge in [0.2, 0.25) is 0 Å². The Bertz CT molecular complexity index is 362. The molecule has 0 saturated heterocycles. The van der Waals surface area contributed by atoms with Crippen LogP contribution in [-0.2, 0) is 22.0 Å². The van der Waals surface area contributed by atoms with Gasteiger partial charge in [0.25, 0.3) is 0 Å². The fourth-order valence-electron chi connectivity index (χ4n) is 1.25. The third-order valence-electron chi connectivity index (χ3n) is 1.87. The molecule has 0 aromatic carbocycles. The van der Waals surface area contributed by atoms with Crippen LogP contribution in [0.2, 0.25) is 0 Å². The van der Waals surface area contributed by atoms with E-state index in [1.165, 1.54) is 5.56 Å². The van der Waals surface area contributed by atoms with Crippen LogP contribution in [0.25, 0.3) is 0 Å². The second-order valence-corrected chi connectivity index (χ2v) is 5.90. The van der Waals surface area contributed by atoms with E-state index in [2.05, 4.69) is 0 Å². The second kappa shape index (κ2) is 2.32. The zero-order chi connectivity index (χ0) is 7.90. The lowest BCUT2D eigenvalue weighted by Crippen LogP contribution is -2.16. The molecule has 1 aromatic heterocycles. The molecule has 0 unspecified atom stereocenters. The van der Waals surface area contributed by atoms with E-state index in [9.17, 15) is 8.42 Å². The van der Waals surface area contributed by atoms with Gasteiger partial charge < -0.3 is 0 Å². The summed E-state index contributed by atoms with van der Waals surface area (Å²) in [4.78, 5) is 1.04. The minimum atomic E-state index is -2.76. The molecule has 0 aliphatic carbocycles. The summed E-state index contributed by atoms with van der Waals surface area (Å²) in [5, 5.41) is 1.96. The lowest BCUT2D eigenvalue weighted by Gasteiger charge is -2.10. The molecule has 4 heteroatoms. The van der Waals surface area contributed by atoms with E-state index in [1.807, 2.05) is 11.4 Å². The summed E-state index contributed by atoms with van der Waals surface area (Å²) in [6.07, 6.45) is 0.709. The number of thiophene rings is 1. The molecule has 1 aliphatic heterocycles. The summed E-state index contributed by atoms with van der Waals surface area (Å²) in [6.45, 7) is 0. The molecule has 2 heterocycles. The van der Waals surface area contributed by atoms with E-state index in [0.717, 1.165) is 4.88 Å². The largest absolute Gasteiger partial charge is 0.228 e. The van der Waals surface area contributed by atoms with Gasteiger partial charge in [-0.2, -0.15) is 0 Å². The first-order chi connectivity index (χ1) is 5.17. The molecular formula is C7H8O2S2. The van der Waals surface area contributed by atoms with Gasteiger partial charge in [0.1, 0.15) is 0 Å². The van der Waals surface area contributed by atoms with Crippen molar-refractivity contribution < 1.29 is 8.42 Å². The van der Waals surface area contributed by atoms with Gasteiger partial charge in [-0.05, 0) is 23.4 Å². The molecule has 60 valence electrons. The van der Waals surface area contributed by atoms with Crippen molar-refractivity contribution in [2.24, 2.45) is 0 Å². The molecule has 0 radical (unpaired) electrons. The van der Waals surface area contributed by atoms with Gasteiger partial charge in [-0.15, -0.1) is 11.3 Å². The highest BCUT2D eigenvalue weighted by Crippen LogP contribution is 2.25. The summed E-state index contributed by atoms with van der Waals surface area (Å²) in [5.41, 5.74) is 1.23. The number of hydrogen-bond acceptors (Lipinski definition) is 3. The Kier molecular flexibility index (Phi) is 1.54. The number of hydrogen-bond donors (Lipinski definition) is 0. The smallest absolute Gasteiger partial charge is 0.155 e. The van der Waals surface area contributed by atoms with Crippen molar-refractivity contribution in [3.05, 3.63) is 21.9 Å². The Morgan fingerprint density at radius 3 is 3.09 bits per heavy atom. The number of fused-ring (bicyclic) bond motifs is 1. The van der Waals surface area contributed by atoms with Crippen molar-refractivity contribution in [2.45, 2.75) is 12.2 Å². The van der Waals surface area contributed by atoms with E-state index in [-0.39, 0.29) is 5.75 Å². The SMILES string of the molecule is O=S1(=O)CCc2ccsc2C1. The van der Waals surface area contributed by atoms with Crippen molar-refractivity contribution >= 4 is 21.2 Å². The third kappa shape index (κ3) is 1.32. The minimum absolute atomic E-state index is 0.264. The van der Waals surface area contributed by atoms with E-state index in [4.69, 9.17) is 0 Å². The second-order valence-electron chi connectivity index (χ2n) is 2.71. The highest BCUT2D eigenvalue weighted by Gasteiger charge is 2.21. The van der Waals surface area contributed by atoms with Gasteiger partial charge >= 0.3 is 0 Å². The van der Waals surface area contributed by atoms with Gasteiger partial charge in [0.15, 0.2) is 9.84 Å². The standard InChI is InChI=1S/C7H8O2S2/c8-11(9)4-2-6-1-3-10-7(6)5-11/h1,3H,2,4-5H2. The molecule has 1 aliphatic rings. The predicted molar refractivity (Wildman–Crippen MR) is 45.5 cm³/mol. The lowest BCUT2D eigenvalue weighted by atomic mass is 10.2. The number of rotatable bonds is 0. The monoisotopic (exact) mass is 188 g/mol. The Hall–Kier alpha value is -0.350. The average Bonchev–Trinajstić information content (AvgIpc) is 2.31. The fraction of sp³-hybridized carbons (Fsp3) is 0.429. The summed E-state index contributed by atoms with van der Waals surface area (Å²) in [6, 6.07) is 2.02. The first-order valence-corrected chi connectivity index (χ1v) is 6.13. The van der Waals surface area contributed by atoms with Crippen LogP contribution in [0.5, 0.6) is 0 Å². The molecule has 1 aromatic rings. The quantitative estimate of drug-likeness (QED) is 0.613. The Balaban J connectivity index is 2.47. The minimum Gasteiger partial charge on any atom is -0.228 e. The van der Waals surface area contributed by atoms with Crippen molar-refractivity contribution in [3.8, 4) is 0 Å². The van der Waals surface area contributed by atoms with Crippen LogP contribution >= 0.6 is 11.3 Å². The maximum Gasteiger partial charge on any atom is 0.155 e. The molecule has 0 atom stereocenters. The predicted octanol–water partition coefficient (Wildman–Crippen LogP) is 1.22. The number of aryl methyl sites for hydroxylation is 1. The normalized spacial score (nSPS) is 21.1. The molecule has 2 rings (SSSR count). The summed E-state index contributed by atoms with van der Waals surface area (Å²) in [5.74, 6) is 0.594. The Morgan fingerprint density at radius 1 is 1.45 bits per heavy atom. The average molecular weight is 188 g/mol. The molecule has 0 saturated carbocycles. The number of sulfone groups is 1. The maximum absolute atomic E-state index is 11.1. The van der Waals surface area contributed by atoms with Gasteiger partial charge in [-0.3, -0.25) is 0 Å². The van der Waals surface area contributed by atoms with E-state index in [1.54, 1.807) is 11.3 Å². The fourth-order valence-corrected chi connectivity index (χ4v) is 4.04. The zero-order valence-corrected chi connectivity index (χ0v) is 7.54. The van der Waals surface area contributed by atoms with E-state index in [0.29, 0.717) is 12.2 Å². The molecule has 0 amide bonds. The first kappa shape index (κ1) is 7.31. The van der Waals surface area contributed by atoms with Crippen molar-refractivity contribution in [2.75, 3.05) is 5.75 Å². The van der Waals surface area contributed by atoms with Gasteiger partial charge in [0.05, 0.1) is 11.5 Å². The first-order valence-electron chi connectivity index (χ1n) is 3.43. The molecule has 0 fully saturated rings. The summed E-state index contributed by atoms with van der Waals surface area (Å²) >= 11 is 1.55. The van der Waals surface area contributed by atoms with Gasteiger partial charge in [-0.1, -0.05) is 0 Å². The Labute approximate surface area is 69.8 Å². The molecule has 0 N–H and O–H groups in total. The van der Waals surface area contributed by atoms with Crippen LogP contribution in [0.4, 0.5) is 0 Å². The van der Waals surface area contributed by atoms with Crippen molar-refractivity contribution in [1.82, 2.24) is 0 Å². The van der Waals surface area contributed by atoms with Crippen LogP contribution < -0.4 is 0 Å². The highest BCUT2D eigenvalue weighted by atomic mass is 32.2.